The van der Waals surface area contributed by atoms with Crippen molar-refractivity contribution in [1.29, 1.82) is 0 Å². The quantitative estimate of drug-likeness (QED) is 0.627. The average Bonchev–Trinajstić information content (AvgIpc) is 2.71. The summed E-state index contributed by atoms with van der Waals surface area (Å²) in [6.07, 6.45) is 3.65. The molecule has 18 heavy (non-hydrogen) atoms. The first-order valence-corrected chi connectivity index (χ1v) is 7.01. The van der Waals surface area contributed by atoms with Crippen molar-refractivity contribution in [3.05, 3.63) is 41.2 Å². The van der Waals surface area contributed by atoms with E-state index in [1.807, 2.05) is 48.3 Å². The average molecular weight is 280 g/mol. The van der Waals surface area contributed by atoms with E-state index in [1.165, 1.54) is 0 Å². The maximum absolute atomic E-state index is 5.82. The Balaban J connectivity index is 2.16. The number of benzene rings is 1. The fourth-order valence-corrected chi connectivity index (χ4v) is 2.27. The minimum absolute atomic E-state index is 0.719. The Morgan fingerprint density at radius 1 is 1.39 bits per heavy atom. The van der Waals surface area contributed by atoms with Crippen molar-refractivity contribution in [1.82, 2.24) is 9.55 Å². The minimum Gasteiger partial charge on any atom is -0.321 e. The number of aromatic nitrogens is 2. The van der Waals surface area contributed by atoms with Gasteiger partial charge in [-0.25, -0.2) is 4.98 Å². The third-order valence-electron chi connectivity index (χ3n) is 2.43. The maximum atomic E-state index is 5.82. The molecule has 0 N–H and O–H groups in total. The second-order valence-corrected chi connectivity index (χ2v) is 5.36. The van der Waals surface area contributed by atoms with Gasteiger partial charge in [0.1, 0.15) is 0 Å². The third-order valence-corrected chi connectivity index (χ3v) is 3.61. The predicted octanol–water partition coefficient (Wildman–Crippen LogP) is 3.94. The maximum Gasteiger partial charge on any atom is 0.168 e. The Labute approximate surface area is 116 Å². The van der Waals surface area contributed by atoms with Gasteiger partial charge in [0.15, 0.2) is 5.16 Å². The Kier molecular flexibility index (Phi) is 4.44. The van der Waals surface area contributed by atoms with E-state index in [4.69, 9.17) is 11.6 Å². The summed E-state index contributed by atoms with van der Waals surface area (Å²) in [6.45, 7) is 2.11. The number of hydrogen-bond donors (Lipinski definition) is 0. The smallest absolute Gasteiger partial charge is 0.168 e. The molecule has 2 aromatic rings. The summed E-state index contributed by atoms with van der Waals surface area (Å²) in [5.41, 5.74) is 1.87. The van der Waals surface area contributed by atoms with Crippen molar-refractivity contribution >= 4 is 35.3 Å². The molecule has 1 aromatic heterocycles. The van der Waals surface area contributed by atoms with Crippen LogP contribution in [0.5, 0.6) is 0 Å². The van der Waals surface area contributed by atoms with Crippen LogP contribution in [-0.2, 0) is 7.05 Å². The first-order valence-electron chi connectivity index (χ1n) is 5.65. The number of thioether (sulfide) groups is 1. The fraction of sp³-hybridized carbons (Fsp3) is 0.231. The zero-order valence-corrected chi connectivity index (χ0v) is 11.9. The van der Waals surface area contributed by atoms with Crippen LogP contribution in [0, 0.1) is 0 Å². The van der Waals surface area contributed by atoms with Crippen LogP contribution in [0.25, 0.3) is 0 Å². The van der Waals surface area contributed by atoms with Crippen LogP contribution in [-0.4, -0.2) is 21.5 Å². The highest BCUT2D eigenvalue weighted by Gasteiger charge is 2.03. The van der Waals surface area contributed by atoms with Crippen LogP contribution in [0.2, 0.25) is 5.02 Å². The van der Waals surface area contributed by atoms with E-state index in [0.29, 0.717) is 0 Å². The number of halogens is 1. The highest BCUT2D eigenvalue weighted by molar-refractivity contribution is 7.99. The molecular weight excluding hydrogens is 266 g/mol. The van der Waals surface area contributed by atoms with Crippen molar-refractivity contribution in [2.45, 2.75) is 12.1 Å². The first kappa shape index (κ1) is 13.2. The van der Waals surface area contributed by atoms with Gasteiger partial charge in [-0.05, 0) is 30.0 Å². The standard InChI is InChI=1S/C13H14ClN3S/c1-3-18-13-16-9-12(17(13)2)8-15-11-6-4-10(14)5-7-11/h4-9H,3H2,1-2H3. The van der Waals surface area contributed by atoms with Crippen LogP contribution in [0.4, 0.5) is 5.69 Å². The minimum atomic E-state index is 0.719. The number of nitrogens with zero attached hydrogens (tertiary/aromatic N) is 3. The van der Waals surface area contributed by atoms with Gasteiger partial charge in [-0.3, -0.25) is 4.99 Å². The summed E-state index contributed by atoms with van der Waals surface area (Å²) in [7, 11) is 1.99. The molecule has 0 saturated carbocycles. The Morgan fingerprint density at radius 2 is 2.11 bits per heavy atom. The van der Waals surface area contributed by atoms with Crippen LogP contribution < -0.4 is 0 Å². The van der Waals surface area contributed by atoms with Gasteiger partial charge in [0.05, 0.1) is 23.8 Å². The largest absolute Gasteiger partial charge is 0.321 e. The Hall–Kier alpha value is -1.26. The van der Waals surface area contributed by atoms with Gasteiger partial charge in [0.25, 0.3) is 0 Å². The van der Waals surface area contributed by atoms with E-state index in [1.54, 1.807) is 11.8 Å². The molecule has 0 amide bonds. The van der Waals surface area contributed by atoms with Gasteiger partial charge in [-0.15, -0.1) is 0 Å². The Morgan fingerprint density at radius 3 is 2.78 bits per heavy atom. The molecule has 0 atom stereocenters. The van der Waals surface area contributed by atoms with Crippen LogP contribution in [0.3, 0.4) is 0 Å². The number of hydrogen-bond acceptors (Lipinski definition) is 3. The molecular formula is C13H14ClN3S. The van der Waals surface area contributed by atoms with Crippen molar-refractivity contribution in [3.8, 4) is 0 Å². The summed E-state index contributed by atoms with van der Waals surface area (Å²) in [5, 5.41) is 1.73. The highest BCUT2D eigenvalue weighted by atomic mass is 35.5. The van der Waals surface area contributed by atoms with Crippen molar-refractivity contribution in [2.75, 3.05) is 5.75 Å². The van der Waals surface area contributed by atoms with Gasteiger partial charge < -0.3 is 4.57 Å². The predicted molar refractivity (Wildman–Crippen MR) is 78.3 cm³/mol. The van der Waals surface area contributed by atoms with Crippen LogP contribution >= 0.6 is 23.4 Å². The lowest BCUT2D eigenvalue weighted by molar-refractivity contribution is 0.785. The monoisotopic (exact) mass is 279 g/mol. The summed E-state index contributed by atoms with van der Waals surface area (Å²) in [4.78, 5) is 8.74. The van der Waals surface area contributed by atoms with Gasteiger partial charge in [0.2, 0.25) is 0 Å². The van der Waals surface area contributed by atoms with Crippen LogP contribution in [0.15, 0.2) is 40.6 Å². The zero-order chi connectivity index (χ0) is 13.0. The molecule has 0 radical (unpaired) electrons. The summed E-state index contributed by atoms with van der Waals surface area (Å²) in [5.74, 6) is 1.01. The number of imidazole rings is 1. The molecule has 0 aliphatic heterocycles. The molecule has 0 saturated heterocycles. The lowest BCUT2D eigenvalue weighted by Crippen LogP contribution is -1.96. The lowest BCUT2D eigenvalue weighted by atomic mass is 10.3. The molecule has 0 aliphatic carbocycles. The van der Waals surface area contributed by atoms with Gasteiger partial charge in [-0.2, -0.15) is 0 Å². The molecule has 1 heterocycles. The van der Waals surface area contributed by atoms with Gasteiger partial charge in [0, 0.05) is 12.1 Å². The van der Waals surface area contributed by atoms with Gasteiger partial charge in [-0.1, -0.05) is 30.3 Å². The van der Waals surface area contributed by atoms with E-state index in [0.717, 1.165) is 27.3 Å². The van der Waals surface area contributed by atoms with E-state index >= 15 is 0 Å². The van der Waals surface area contributed by atoms with Crippen molar-refractivity contribution in [2.24, 2.45) is 12.0 Å². The van der Waals surface area contributed by atoms with E-state index in [-0.39, 0.29) is 0 Å². The molecule has 5 heteroatoms. The normalized spacial score (nSPS) is 11.3. The third kappa shape index (κ3) is 3.15. The molecule has 2 rings (SSSR count). The van der Waals surface area contributed by atoms with E-state index in [9.17, 15) is 0 Å². The second-order valence-electron chi connectivity index (χ2n) is 3.69. The topological polar surface area (TPSA) is 30.2 Å². The molecule has 0 fully saturated rings. The van der Waals surface area contributed by atoms with E-state index in [2.05, 4.69) is 16.9 Å². The number of rotatable bonds is 4. The van der Waals surface area contributed by atoms with Crippen LogP contribution in [0.1, 0.15) is 12.6 Å². The molecule has 0 spiro atoms. The summed E-state index contributed by atoms with van der Waals surface area (Å²) >= 11 is 7.54. The SMILES string of the molecule is CCSc1ncc(C=Nc2ccc(Cl)cc2)n1C. The first-order chi connectivity index (χ1) is 8.70. The lowest BCUT2D eigenvalue weighted by Gasteiger charge is -2.00. The van der Waals surface area contributed by atoms with Gasteiger partial charge >= 0.3 is 0 Å². The molecule has 3 nitrogen and oxygen atoms in total. The number of aliphatic imine (C=N–C) groups is 1. The van der Waals surface area contributed by atoms with E-state index < -0.39 is 0 Å². The zero-order valence-electron chi connectivity index (χ0n) is 10.3. The molecule has 94 valence electrons. The summed E-state index contributed by atoms with van der Waals surface area (Å²) < 4.78 is 2.04. The molecule has 0 aliphatic rings. The Bertz CT molecular complexity index is 546. The van der Waals surface area contributed by atoms with Crippen molar-refractivity contribution < 1.29 is 0 Å². The fourth-order valence-electron chi connectivity index (χ4n) is 1.46. The molecule has 0 unspecified atom stereocenters. The molecule has 0 bridgehead atoms. The second kappa shape index (κ2) is 6.07. The summed E-state index contributed by atoms with van der Waals surface area (Å²) in [6, 6.07) is 7.43. The van der Waals surface area contributed by atoms with Crippen molar-refractivity contribution in [3.63, 3.8) is 0 Å². The molecule has 1 aromatic carbocycles. The highest BCUT2D eigenvalue weighted by Crippen LogP contribution is 2.18.